The molecular formula is C25H42N2O. The Morgan fingerprint density at radius 1 is 1.00 bits per heavy atom. The number of piperazine rings is 1. The van der Waals surface area contributed by atoms with Gasteiger partial charge >= 0.3 is 0 Å². The van der Waals surface area contributed by atoms with Gasteiger partial charge in [-0.1, -0.05) is 46.1 Å². The maximum Gasteiger partial charge on any atom is 0.120 e. The first-order valence-corrected chi connectivity index (χ1v) is 11.8. The zero-order valence-electron chi connectivity index (χ0n) is 18.8. The molecular weight excluding hydrogens is 344 g/mol. The Balaban J connectivity index is 1.73. The van der Waals surface area contributed by atoms with Gasteiger partial charge in [-0.25, -0.2) is 0 Å². The molecule has 3 heteroatoms. The summed E-state index contributed by atoms with van der Waals surface area (Å²) in [5.41, 5.74) is 3.62. The van der Waals surface area contributed by atoms with E-state index in [1.807, 2.05) is 0 Å². The number of hydrogen-bond donors (Lipinski definition) is 0. The maximum absolute atomic E-state index is 5.59. The molecule has 0 N–H and O–H groups in total. The van der Waals surface area contributed by atoms with E-state index in [0.29, 0.717) is 11.3 Å². The van der Waals surface area contributed by atoms with Crippen molar-refractivity contribution in [2.24, 2.45) is 5.41 Å². The lowest BCUT2D eigenvalue weighted by Gasteiger charge is -2.41. The maximum atomic E-state index is 5.59. The molecule has 3 rings (SSSR count). The molecule has 1 aliphatic heterocycles. The molecule has 0 unspecified atom stereocenters. The van der Waals surface area contributed by atoms with Crippen molar-refractivity contribution in [1.82, 2.24) is 4.90 Å². The van der Waals surface area contributed by atoms with Crippen molar-refractivity contribution >= 4 is 5.69 Å². The van der Waals surface area contributed by atoms with E-state index >= 15 is 0 Å². The molecule has 158 valence electrons. The quantitative estimate of drug-likeness (QED) is 0.538. The highest BCUT2D eigenvalue weighted by molar-refractivity contribution is 5.59. The summed E-state index contributed by atoms with van der Waals surface area (Å²) in [6.07, 6.45) is 10.8. The van der Waals surface area contributed by atoms with Crippen LogP contribution in [0.1, 0.15) is 83.6 Å². The van der Waals surface area contributed by atoms with Gasteiger partial charge in [0.2, 0.25) is 0 Å². The van der Waals surface area contributed by atoms with Gasteiger partial charge in [0, 0.05) is 37.9 Å². The topological polar surface area (TPSA) is 15.7 Å². The van der Waals surface area contributed by atoms with Crippen LogP contribution in [0.4, 0.5) is 5.69 Å². The van der Waals surface area contributed by atoms with Crippen molar-refractivity contribution < 1.29 is 4.74 Å². The average Bonchev–Trinajstić information content (AvgIpc) is 2.77. The van der Waals surface area contributed by atoms with Crippen LogP contribution in [0.25, 0.3) is 0 Å². The lowest BCUT2D eigenvalue weighted by atomic mass is 9.66. The van der Waals surface area contributed by atoms with Gasteiger partial charge in [-0.3, -0.25) is 4.90 Å². The van der Waals surface area contributed by atoms with E-state index in [0.717, 1.165) is 18.8 Å². The lowest BCUT2D eigenvalue weighted by molar-refractivity contribution is 0.159. The molecule has 1 aliphatic carbocycles. The minimum absolute atomic E-state index is 0.605. The van der Waals surface area contributed by atoms with Crippen LogP contribution >= 0.6 is 0 Å². The molecule has 1 aromatic carbocycles. The molecule has 1 aromatic rings. The second-order valence-electron chi connectivity index (χ2n) is 9.09. The van der Waals surface area contributed by atoms with Gasteiger partial charge in [-0.2, -0.15) is 0 Å². The van der Waals surface area contributed by atoms with Crippen molar-refractivity contribution in [3.05, 3.63) is 23.8 Å². The van der Waals surface area contributed by atoms with Crippen molar-refractivity contribution in [2.75, 3.05) is 44.7 Å². The first-order chi connectivity index (χ1) is 13.6. The summed E-state index contributed by atoms with van der Waals surface area (Å²) in [6.45, 7) is 13.0. The van der Waals surface area contributed by atoms with E-state index in [2.05, 4.69) is 48.8 Å². The SMILES string of the molecule is CCCCN1CCN(c2cc(OC)ccc2C2CCC(CC)(CC)CC2)CC1. The highest BCUT2D eigenvalue weighted by Crippen LogP contribution is 2.49. The summed E-state index contributed by atoms with van der Waals surface area (Å²) in [4.78, 5) is 5.26. The number of ether oxygens (including phenoxy) is 1. The van der Waals surface area contributed by atoms with Crippen LogP contribution in [0.2, 0.25) is 0 Å². The van der Waals surface area contributed by atoms with E-state index in [-0.39, 0.29) is 0 Å². The fourth-order valence-electron chi connectivity index (χ4n) is 5.36. The first-order valence-electron chi connectivity index (χ1n) is 11.8. The van der Waals surface area contributed by atoms with E-state index < -0.39 is 0 Å². The largest absolute Gasteiger partial charge is 0.497 e. The summed E-state index contributed by atoms with van der Waals surface area (Å²) >= 11 is 0. The molecule has 1 saturated heterocycles. The monoisotopic (exact) mass is 386 g/mol. The van der Waals surface area contributed by atoms with E-state index in [1.165, 1.54) is 76.7 Å². The van der Waals surface area contributed by atoms with Crippen LogP contribution in [0, 0.1) is 5.41 Å². The Kier molecular flexibility index (Phi) is 7.68. The Bertz CT molecular complexity index is 593. The summed E-state index contributed by atoms with van der Waals surface area (Å²) in [6, 6.07) is 6.85. The Labute approximate surface area is 173 Å². The molecule has 28 heavy (non-hydrogen) atoms. The van der Waals surface area contributed by atoms with Gasteiger partial charge in [0.15, 0.2) is 0 Å². The fourth-order valence-corrected chi connectivity index (χ4v) is 5.36. The molecule has 2 aliphatic rings. The minimum Gasteiger partial charge on any atom is -0.497 e. The Morgan fingerprint density at radius 3 is 2.25 bits per heavy atom. The summed E-state index contributed by atoms with van der Waals surface area (Å²) in [5.74, 6) is 1.71. The molecule has 1 saturated carbocycles. The molecule has 0 bridgehead atoms. The number of anilines is 1. The molecule has 0 aromatic heterocycles. The molecule has 0 atom stereocenters. The zero-order chi connectivity index (χ0) is 20.0. The molecule has 0 spiro atoms. The van der Waals surface area contributed by atoms with Crippen LogP contribution < -0.4 is 9.64 Å². The third-order valence-electron chi connectivity index (χ3n) is 7.76. The third kappa shape index (κ3) is 4.84. The Hall–Kier alpha value is -1.22. The molecule has 0 amide bonds. The summed E-state index contributed by atoms with van der Waals surface area (Å²) in [7, 11) is 1.79. The first kappa shape index (κ1) is 21.5. The second kappa shape index (κ2) is 10.0. The predicted molar refractivity (Wildman–Crippen MR) is 121 cm³/mol. The van der Waals surface area contributed by atoms with Crippen molar-refractivity contribution in [2.45, 2.75) is 78.1 Å². The zero-order valence-corrected chi connectivity index (χ0v) is 18.8. The highest BCUT2D eigenvalue weighted by atomic mass is 16.5. The number of methoxy groups -OCH3 is 1. The number of benzene rings is 1. The van der Waals surface area contributed by atoms with Crippen LogP contribution in [0.15, 0.2) is 18.2 Å². The molecule has 0 radical (unpaired) electrons. The lowest BCUT2D eigenvalue weighted by Crippen LogP contribution is -2.47. The highest BCUT2D eigenvalue weighted by Gasteiger charge is 2.34. The number of hydrogen-bond acceptors (Lipinski definition) is 3. The summed E-state index contributed by atoms with van der Waals surface area (Å²) < 4.78 is 5.59. The van der Waals surface area contributed by atoms with E-state index in [4.69, 9.17) is 4.74 Å². The normalized spacial score (nSPS) is 21.1. The van der Waals surface area contributed by atoms with Gasteiger partial charge in [-0.15, -0.1) is 0 Å². The average molecular weight is 387 g/mol. The van der Waals surface area contributed by atoms with Gasteiger partial charge < -0.3 is 9.64 Å². The van der Waals surface area contributed by atoms with Gasteiger partial charge in [0.05, 0.1) is 7.11 Å². The van der Waals surface area contributed by atoms with Crippen molar-refractivity contribution in [3.8, 4) is 5.75 Å². The fraction of sp³-hybridized carbons (Fsp3) is 0.760. The van der Waals surface area contributed by atoms with Gasteiger partial charge in [-0.05, 0) is 61.6 Å². The number of unbranched alkanes of at least 4 members (excludes halogenated alkanes) is 1. The Morgan fingerprint density at radius 2 is 1.68 bits per heavy atom. The van der Waals surface area contributed by atoms with Gasteiger partial charge in [0.1, 0.15) is 5.75 Å². The van der Waals surface area contributed by atoms with E-state index in [9.17, 15) is 0 Å². The number of nitrogens with zero attached hydrogens (tertiary/aromatic N) is 2. The van der Waals surface area contributed by atoms with Crippen LogP contribution in [0.5, 0.6) is 5.75 Å². The van der Waals surface area contributed by atoms with E-state index in [1.54, 1.807) is 12.7 Å². The second-order valence-corrected chi connectivity index (χ2v) is 9.09. The molecule has 3 nitrogen and oxygen atoms in total. The van der Waals surface area contributed by atoms with Crippen LogP contribution in [-0.2, 0) is 0 Å². The van der Waals surface area contributed by atoms with Crippen molar-refractivity contribution in [3.63, 3.8) is 0 Å². The predicted octanol–water partition coefficient (Wildman–Crippen LogP) is 6.08. The van der Waals surface area contributed by atoms with Crippen LogP contribution in [-0.4, -0.2) is 44.7 Å². The van der Waals surface area contributed by atoms with Crippen LogP contribution in [0.3, 0.4) is 0 Å². The standard InChI is InChI=1S/C25H42N2O/c1-5-8-15-26-16-18-27(19-17-26)24-20-22(28-4)9-10-23(24)21-11-13-25(6-2,7-3)14-12-21/h9-10,20-21H,5-8,11-19H2,1-4H3. The van der Waals surface area contributed by atoms with Crippen molar-refractivity contribution in [1.29, 1.82) is 0 Å². The summed E-state index contributed by atoms with van der Waals surface area (Å²) in [5, 5.41) is 0. The molecule has 2 fully saturated rings. The minimum atomic E-state index is 0.605. The number of rotatable bonds is 8. The molecule has 1 heterocycles. The smallest absolute Gasteiger partial charge is 0.120 e. The van der Waals surface area contributed by atoms with Gasteiger partial charge in [0.25, 0.3) is 0 Å². The third-order valence-corrected chi connectivity index (χ3v) is 7.76.